The Hall–Kier alpha value is -1.39. The Labute approximate surface area is 151 Å². The summed E-state index contributed by atoms with van der Waals surface area (Å²) >= 11 is 11.9. The summed E-state index contributed by atoms with van der Waals surface area (Å²) in [5, 5.41) is 14.3. The van der Waals surface area contributed by atoms with Gasteiger partial charge in [-0.25, -0.2) is 0 Å². The van der Waals surface area contributed by atoms with Crippen LogP contribution in [-0.4, -0.2) is 24.0 Å². The number of hydrogen-bond donors (Lipinski definition) is 2. The first kappa shape index (κ1) is 17.4. The fourth-order valence-corrected chi connectivity index (χ4v) is 3.39. The van der Waals surface area contributed by atoms with E-state index in [9.17, 15) is 9.90 Å². The maximum Gasteiger partial charge on any atom is 0.167 e. The third-order valence-electron chi connectivity index (χ3n) is 4.47. The molecule has 3 nitrogen and oxygen atoms in total. The van der Waals surface area contributed by atoms with Gasteiger partial charge in [0.25, 0.3) is 0 Å². The molecular formula is C19H19Cl2NO2. The number of hydrogen-bond acceptors (Lipinski definition) is 3. The van der Waals surface area contributed by atoms with Gasteiger partial charge < -0.3 is 10.4 Å². The molecule has 0 fully saturated rings. The van der Waals surface area contributed by atoms with Crippen molar-refractivity contribution in [3.63, 3.8) is 0 Å². The van der Waals surface area contributed by atoms with Crippen LogP contribution in [0.15, 0.2) is 42.5 Å². The summed E-state index contributed by atoms with van der Waals surface area (Å²) in [6.07, 6.45) is 1.07. The number of carbonyl (C=O) groups is 1. The van der Waals surface area contributed by atoms with Crippen molar-refractivity contribution in [3.05, 3.63) is 69.2 Å². The van der Waals surface area contributed by atoms with Crippen molar-refractivity contribution in [1.29, 1.82) is 0 Å². The predicted molar refractivity (Wildman–Crippen MR) is 96.9 cm³/mol. The van der Waals surface area contributed by atoms with Gasteiger partial charge in [-0.2, -0.15) is 0 Å². The third-order valence-corrected chi connectivity index (χ3v) is 5.21. The molecule has 2 aromatic rings. The minimum Gasteiger partial charge on any atom is -0.387 e. The quantitative estimate of drug-likeness (QED) is 0.841. The van der Waals surface area contributed by atoms with E-state index in [4.69, 9.17) is 23.2 Å². The van der Waals surface area contributed by atoms with Crippen LogP contribution >= 0.6 is 23.2 Å². The van der Waals surface area contributed by atoms with Gasteiger partial charge in [0.2, 0.25) is 0 Å². The average molecular weight is 364 g/mol. The monoisotopic (exact) mass is 363 g/mol. The van der Waals surface area contributed by atoms with Gasteiger partial charge in [0.05, 0.1) is 16.1 Å². The fraction of sp³-hybridized carbons (Fsp3) is 0.316. The lowest BCUT2D eigenvalue weighted by atomic mass is 9.83. The van der Waals surface area contributed by atoms with E-state index >= 15 is 0 Å². The summed E-state index contributed by atoms with van der Waals surface area (Å²) < 4.78 is 0. The SMILES string of the molecule is O=C1c2ccccc2CCC1CNCC(O)c1ccc(Cl)c(Cl)c1. The molecule has 3 rings (SSSR count). The second-order valence-electron chi connectivity index (χ2n) is 6.10. The Morgan fingerprint density at radius 3 is 2.75 bits per heavy atom. The van der Waals surface area contributed by atoms with E-state index in [1.54, 1.807) is 18.2 Å². The van der Waals surface area contributed by atoms with E-state index in [0.29, 0.717) is 28.7 Å². The topological polar surface area (TPSA) is 49.3 Å². The Morgan fingerprint density at radius 2 is 1.96 bits per heavy atom. The number of Topliss-reactive ketones (excluding diaryl/α,β-unsaturated/α-hetero) is 1. The lowest BCUT2D eigenvalue weighted by Crippen LogP contribution is -2.34. The van der Waals surface area contributed by atoms with Gasteiger partial charge in [-0.1, -0.05) is 53.5 Å². The molecule has 1 aliphatic carbocycles. The molecule has 5 heteroatoms. The Morgan fingerprint density at radius 1 is 1.17 bits per heavy atom. The normalized spacial score (nSPS) is 18.3. The van der Waals surface area contributed by atoms with Crippen LogP contribution in [0.5, 0.6) is 0 Å². The van der Waals surface area contributed by atoms with Crippen LogP contribution in [0.2, 0.25) is 10.0 Å². The first-order valence-electron chi connectivity index (χ1n) is 8.02. The second-order valence-corrected chi connectivity index (χ2v) is 6.92. The number of fused-ring (bicyclic) bond motifs is 1. The predicted octanol–water partition coefficient (Wildman–Crippen LogP) is 4.06. The molecule has 0 saturated carbocycles. The molecule has 0 radical (unpaired) electrons. The highest BCUT2D eigenvalue weighted by Gasteiger charge is 2.26. The van der Waals surface area contributed by atoms with E-state index in [1.807, 2.05) is 24.3 Å². The molecule has 2 aromatic carbocycles. The molecule has 0 saturated heterocycles. The Kier molecular flexibility index (Phi) is 5.57. The number of benzene rings is 2. The summed E-state index contributed by atoms with van der Waals surface area (Å²) in [7, 11) is 0. The molecule has 2 atom stereocenters. The van der Waals surface area contributed by atoms with Crippen LogP contribution in [0.25, 0.3) is 0 Å². The maximum atomic E-state index is 12.5. The number of ketones is 1. The minimum atomic E-state index is -0.689. The maximum absolute atomic E-state index is 12.5. The van der Waals surface area contributed by atoms with Crippen molar-refractivity contribution in [2.45, 2.75) is 18.9 Å². The van der Waals surface area contributed by atoms with Crippen LogP contribution < -0.4 is 5.32 Å². The molecule has 0 heterocycles. The first-order chi connectivity index (χ1) is 11.6. The Bertz CT molecular complexity index is 748. The van der Waals surface area contributed by atoms with E-state index in [1.165, 1.54) is 0 Å². The number of nitrogens with one attached hydrogen (secondary N) is 1. The zero-order chi connectivity index (χ0) is 17.1. The number of halogens is 2. The van der Waals surface area contributed by atoms with E-state index < -0.39 is 6.10 Å². The van der Waals surface area contributed by atoms with Crippen LogP contribution in [0.4, 0.5) is 0 Å². The molecule has 126 valence electrons. The molecule has 0 aromatic heterocycles. The van der Waals surface area contributed by atoms with Gasteiger partial charge in [0.15, 0.2) is 5.78 Å². The summed E-state index contributed by atoms with van der Waals surface area (Å²) in [5.74, 6) is 0.147. The first-order valence-corrected chi connectivity index (χ1v) is 8.77. The highest BCUT2D eigenvalue weighted by molar-refractivity contribution is 6.42. The van der Waals surface area contributed by atoms with Gasteiger partial charge in [0, 0.05) is 24.6 Å². The van der Waals surface area contributed by atoms with Gasteiger partial charge in [-0.3, -0.25) is 4.79 Å². The van der Waals surface area contributed by atoms with Crippen molar-refractivity contribution in [2.75, 3.05) is 13.1 Å². The second kappa shape index (κ2) is 7.66. The average Bonchev–Trinajstić information content (AvgIpc) is 2.59. The third kappa shape index (κ3) is 3.81. The van der Waals surface area contributed by atoms with Gasteiger partial charge in [-0.15, -0.1) is 0 Å². The number of aryl methyl sites for hydroxylation is 1. The van der Waals surface area contributed by atoms with E-state index in [-0.39, 0.29) is 11.7 Å². The Balaban J connectivity index is 1.55. The molecule has 2 N–H and O–H groups in total. The van der Waals surface area contributed by atoms with Crippen LogP contribution in [-0.2, 0) is 6.42 Å². The molecule has 0 spiro atoms. The van der Waals surface area contributed by atoms with Crippen molar-refractivity contribution in [2.24, 2.45) is 5.92 Å². The number of carbonyl (C=O) groups excluding carboxylic acids is 1. The van der Waals surface area contributed by atoms with Crippen molar-refractivity contribution in [3.8, 4) is 0 Å². The zero-order valence-electron chi connectivity index (χ0n) is 13.1. The number of aliphatic hydroxyl groups excluding tert-OH is 1. The molecule has 24 heavy (non-hydrogen) atoms. The van der Waals surface area contributed by atoms with Crippen molar-refractivity contribution >= 4 is 29.0 Å². The minimum absolute atomic E-state index is 0.0408. The molecule has 0 bridgehead atoms. The summed E-state index contributed by atoms with van der Waals surface area (Å²) in [6.45, 7) is 0.926. The molecule has 0 aliphatic heterocycles. The molecular weight excluding hydrogens is 345 g/mol. The lowest BCUT2D eigenvalue weighted by molar-refractivity contribution is 0.0895. The smallest absolute Gasteiger partial charge is 0.167 e. The highest BCUT2D eigenvalue weighted by Crippen LogP contribution is 2.26. The number of aliphatic hydroxyl groups is 1. The zero-order valence-corrected chi connectivity index (χ0v) is 14.6. The summed E-state index contributed by atoms with van der Waals surface area (Å²) in [4.78, 5) is 12.5. The van der Waals surface area contributed by atoms with Gasteiger partial charge in [0.1, 0.15) is 0 Å². The molecule has 2 unspecified atom stereocenters. The van der Waals surface area contributed by atoms with Crippen molar-refractivity contribution in [1.82, 2.24) is 5.32 Å². The largest absolute Gasteiger partial charge is 0.387 e. The lowest BCUT2D eigenvalue weighted by Gasteiger charge is -2.24. The van der Waals surface area contributed by atoms with Crippen LogP contribution in [0.1, 0.15) is 34.0 Å². The highest BCUT2D eigenvalue weighted by atomic mass is 35.5. The van der Waals surface area contributed by atoms with Gasteiger partial charge >= 0.3 is 0 Å². The van der Waals surface area contributed by atoms with E-state index in [0.717, 1.165) is 24.0 Å². The molecule has 1 aliphatic rings. The van der Waals surface area contributed by atoms with Crippen molar-refractivity contribution < 1.29 is 9.90 Å². The summed E-state index contributed by atoms with van der Waals surface area (Å²) in [5.41, 5.74) is 2.67. The molecule has 0 amide bonds. The summed E-state index contributed by atoms with van der Waals surface area (Å²) in [6, 6.07) is 12.9. The standard InChI is InChI=1S/C19H19Cl2NO2/c20-16-8-7-13(9-17(16)21)18(23)11-22-10-14-6-5-12-3-1-2-4-15(12)19(14)24/h1-4,7-9,14,18,22-23H,5-6,10-11H2. The van der Waals surface area contributed by atoms with E-state index in [2.05, 4.69) is 5.32 Å². The number of rotatable bonds is 5. The fourth-order valence-electron chi connectivity index (χ4n) is 3.09. The van der Waals surface area contributed by atoms with Crippen LogP contribution in [0.3, 0.4) is 0 Å². The van der Waals surface area contributed by atoms with Gasteiger partial charge in [-0.05, 0) is 36.1 Å². The van der Waals surface area contributed by atoms with Crippen LogP contribution in [0, 0.1) is 5.92 Å².